The SMILES string of the molecule is Cc1ccc([C@H](NC(=O)N2CCCN3CCC[C@H]3C2)C(C)(C)C)o1. The standard InChI is InChI=1S/C19H31N3O2/c1-14-8-9-16(24-14)17(19(2,3)4)20-18(23)22-12-6-11-21-10-5-7-15(21)13-22/h8-9,15,17H,5-7,10-13H2,1-4H3,(H,20,23)/t15-,17-/m0/s1. The van der Waals surface area contributed by atoms with Gasteiger partial charge in [0.25, 0.3) is 0 Å². The number of rotatable bonds is 2. The highest BCUT2D eigenvalue weighted by atomic mass is 16.3. The molecule has 1 aromatic rings. The van der Waals surface area contributed by atoms with Crippen molar-refractivity contribution in [2.24, 2.45) is 5.41 Å². The van der Waals surface area contributed by atoms with Crippen molar-refractivity contribution in [3.05, 3.63) is 23.7 Å². The van der Waals surface area contributed by atoms with Crippen molar-refractivity contribution in [1.29, 1.82) is 0 Å². The van der Waals surface area contributed by atoms with E-state index < -0.39 is 0 Å². The average Bonchev–Trinajstić information content (AvgIpc) is 3.07. The molecule has 5 heteroatoms. The van der Waals surface area contributed by atoms with Gasteiger partial charge in [0.05, 0.1) is 6.04 Å². The summed E-state index contributed by atoms with van der Waals surface area (Å²) < 4.78 is 5.81. The Morgan fingerprint density at radius 1 is 1.25 bits per heavy atom. The highest BCUT2D eigenvalue weighted by Crippen LogP contribution is 2.34. The summed E-state index contributed by atoms with van der Waals surface area (Å²) in [6.45, 7) is 12.3. The molecule has 2 aliphatic rings. The number of aryl methyl sites for hydroxylation is 1. The van der Waals surface area contributed by atoms with Gasteiger partial charge in [-0.1, -0.05) is 20.8 Å². The molecule has 1 N–H and O–H groups in total. The largest absolute Gasteiger partial charge is 0.464 e. The maximum Gasteiger partial charge on any atom is 0.318 e. The zero-order chi connectivity index (χ0) is 17.3. The number of carbonyl (C=O) groups is 1. The summed E-state index contributed by atoms with van der Waals surface area (Å²) in [5.74, 6) is 1.72. The molecule has 2 atom stereocenters. The van der Waals surface area contributed by atoms with Crippen LogP contribution in [-0.4, -0.2) is 48.1 Å². The Balaban J connectivity index is 1.71. The highest BCUT2D eigenvalue weighted by Gasteiger charge is 2.34. The normalized spacial score (nSPS) is 23.7. The number of furan rings is 1. The molecule has 1 aromatic heterocycles. The molecule has 24 heavy (non-hydrogen) atoms. The minimum Gasteiger partial charge on any atom is -0.464 e. The molecule has 0 bridgehead atoms. The lowest BCUT2D eigenvalue weighted by Crippen LogP contribution is -2.47. The lowest BCUT2D eigenvalue weighted by Gasteiger charge is -2.33. The van der Waals surface area contributed by atoms with E-state index in [1.165, 1.54) is 19.4 Å². The van der Waals surface area contributed by atoms with Gasteiger partial charge in [-0.25, -0.2) is 4.79 Å². The summed E-state index contributed by atoms with van der Waals surface area (Å²) in [5, 5.41) is 3.24. The molecule has 0 aromatic carbocycles. The van der Waals surface area contributed by atoms with Gasteiger partial charge in [-0.3, -0.25) is 4.90 Å². The van der Waals surface area contributed by atoms with Gasteiger partial charge in [0.2, 0.25) is 0 Å². The Morgan fingerprint density at radius 2 is 2.00 bits per heavy atom. The summed E-state index contributed by atoms with van der Waals surface area (Å²) in [4.78, 5) is 17.5. The van der Waals surface area contributed by atoms with Crippen LogP contribution in [0.2, 0.25) is 0 Å². The lowest BCUT2D eigenvalue weighted by atomic mass is 9.85. The Kier molecular flexibility index (Phi) is 4.90. The molecule has 0 spiro atoms. The molecule has 0 radical (unpaired) electrons. The van der Waals surface area contributed by atoms with Crippen molar-refractivity contribution in [2.75, 3.05) is 26.2 Å². The zero-order valence-electron chi connectivity index (χ0n) is 15.5. The third-order valence-electron chi connectivity index (χ3n) is 5.27. The second-order valence-electron chi connectivity index (χ2n) is 8.33. The fourth-order valence-corrected chi connectivity index (χ4v) is 3.93. The second kappa shape index (κ2) is 6.79. The molecule has 3 heterocycles. The number of hydrogen-bond acceptors (Lipinski definition) is 3. The molecule has 2 saturated heterocycles. The van der Waals surface area contributed by atoms with Gasteiger partial charge in [-0.15, -0.1) is 0 Å². The van der Waals surface area contributed by atoms with Gasteiger partial charge in [-0.05, 0) is 50.3 Å². The van der Waals surface area contributed by atoms with Crippen LogP contribution in [0.4, 0.5) is 4.79 Å². The van der Waals surface area contributed by atoms with Gasteiger partial charge in [0, 0.05) is 25.7 Å². The van der Waals surface area contributed by atoms with Crippen LogP contribution in [-0.2, 0) is 0 Å². The Labute approximate surface area is 145 Å². The van der Waals surface area contributed by atoms with Gasteiger partial charge >= 0.3 is 6.03 Å². The van der Waals surface area contributed by atoms with E-state index >= 15 is 0 Å². The number of hydrogen-bond donors (Lipinski definition) is 1. The number of nitrogens with zero attached hydrogens (tertiary/aromatic N) is 2. The molecule has 0 unspecified atom stereocenters. The van der Waals surface area contributed by atoms with Crippen LogP contribution in [0.5, 0.6) is 0 Å². The van der Waals surface area contributed by atoms with Gasteiger partial charge in [0.1, 0.15) is 11.5 Å². The van der Waals surface area contributed by atoms with E-state index in [0.717, 1.165) is 37.6 Å². The third-order valence-corrected chi connectivity index (χ3v) is 5.27. The van der Waals surface area contributed by atoms with Crippen LogP contribution < -0.4 is 5.32 Å². The van der Waals surface area contributed by atoms with Gasteiger partial charge in [0.15, 0.2) is 0 Å². The van der Waals surface area contributed by atoms with Crippen molar-refractivity contribution >= 4 is 6.03 Å². The van der Waals surface area contributed by atoms with Crippen LogP contribution in [0, 0.1) is 12.3 Å². The van der Waals surface area contributed by atoms with E-state index in [0.29, 0.717) is 6.04 Å². The number of amides is 2. The molecule has 2 aliphatic heterocycles. The first-order chi connectivity index (χ1) is 11.3. The molecule has 3 rings (SSSR count). The summed E-state index contributed by atoms with van der Waals surface area (Å²) in [7, 11) is 0. The number of fused-ring (bicyclic) bond motifs is 1. The van der Waals surface area contributed by atoms with Gasteiger partial charge < -0.3 is 14.6 Å². The quantitative estimate of drug-likeness (QED) is 0.900. The van der Waals surface area contributed by atoms with E-state index in [9.17, 15) is 4.79 Å². The fraction of sp³-hybridized carbons (Fsp3) is 0.737. The maximum absolute atomic E-state index is 12.9. The second-order valence-corrected chi connectivity index (χ2v) is 8.33. The molecule has 134 valence electrons. The monoisotopic (exact) mass is 333 g/mol. The highest BCUT2D eigenvalue weighted by molar-refractivity contribution is 5.75. The minimum absolute atomic E-state index is 0.0396. The molecular formula is C19H31N3O2. The van der Waals surface area contributed by atoms with E-state index in [-0.39, 0.29) is 17.5 Å². The van der Waals surface area contributed by atoms with E-state index in [4.69, 9.17) is 4.42 Å². The first-order valence-corrected chi connectivity index (χ1v) is 9.20. The smallest absolute Gasteiger partial charge is 0.318 e. The Morgan fingerprint density at radius 3 is 2.67 bits per heavy atom. The van der Waals surface area contributed by atoms with E-state index in [1.807, 2.05) is 24.0 Å². The topological polar surface area (TPSA) is 48.7 Å². The lowest BCUT2D eigenvalue weighted by molar-refractivity contribution is 0.167. The number of nitrogens with one attached hydrogen (secondary N) is 1. The van der Waals surface area contributed by atoms with Crippen LogP contribution in [0.3, 0.4) is 0 Å². The summed E-state index contributed by atoms with van der Waals surface area (Å²) in [6, 6.07) is 4.39. The first kappa shape index (κ1) is 17.3. The average molecular weight is 333 g/mol. The molecule has 0 aliphatic carbocycles. The Hall–Kier alpha value is -1.49. The maximum atomic E-state index is 12.9. The Bertz CT molecular complexity index is 575. The van der Waals surface area contributed by atoms with E-state index in [1.54, 1.807) is 0 Å². The van der Waals surface area contributed by atoms with Crippen molar-refractivity contribution in [3.8, 4) is 0 Å². The summed E-state index contributed by atoms with van der Waals surface area (Å²) in [5.41, 5.74) is -0.106. The minimum atomic E-state index is -0.123. The summed E-state index contributed by atoms with van der Waals surface area (Å²) in [6.07, 6.45) is 3.53. The molecular weight excluding hydrogens is 302 g/mol. The van der Waals surface area contributed by atoms with Crippen molar-refractivity contribution < 1.29 is 9.21 Å². The van der Waals surface area contributed by atoms with E-state index in [2.05, 4.69) is 31.0 Å². The number of urea groups is 1. The zero-order valence-corrected chi connectivity index (χ0v) is 15.5. The number of carbonyl (C=O) groups excluding carboxylic acids is 1. The molecule has 2 fully saturated rings. The van der Waals surface area contributed by atoms with Crippen LogP contribution in [0.15, 0.2) is 16.5 Å². The molecule has 5 nitrogen and oxygen atoms in total. The van der Waals surface area contributed by atoms with Crippen LogP contribution in [0.25, 0.3) is 0 Å². The predicted octanol–water partition coefficient (Wildman–Crippen LogP) is 3.55. The third kappa shape index (κ3) is 3.77. The fourth-order valence-electron chi connectivity index (χ4n) is 3.93. The summed E-state index contributed by atoms with van der Waals surface area (Å²) >= 11 is 0. The predicted molar refractivity (Wildman–Crippen MR) is 95.0 cm³/mol. The van der Waals surface area contributed by atoms with Gasteiger partial charge in [-0.2, -0.15) is 0 Å². The molecule has 2 amide bonds. The molecule has 0 saturated carbocycles. The van der Waals surface area contributed by atoms with Crippen molar-refractivity contribution in [2.45, 2.75) is 59.0 Å². The van der Waals surface area contributed by atoms with Crippen molar-refractivity contribution in [1.82, 2.24) is 15.1 Å². The first-order valence-electron chi connectivity index (χ1n) is 9.20. The van der Waals surface area contributed by atoms with Crippen LogP contribution >= 0.6 is 0 Å². The van der Waals surface area contributed by atoms with Crippen molar-refractivity contribution in [3.63, 3.8) is 0 Å². The van der Waals surface area contributed by atoms with Crippen LogP contribution in [0.1, 0.15) is 57.6 Å².